The van der Waals surface area contributed by atoms with Gasteiger partial charge in [0, 0.05) is 25.0 Å². The van der Waals surface area contributed by atoms with E-state index in [0.717, 1.165) is 56.0 Å². The summed E-state index contributed by atoms with van der Waals surface area (Å²) >= 11 is 0. The Bertz CT molecular complexity index is 663. The summed E-state index contributed by atoms with van der Waals surface area (Å²) in [6, 6.07) is 0.507. The molecule has 0 bridgehead atoms. The number of oxazole rings is 1. The van der Waals surface area contributed by atoms with Gasteiger partial charge in [-0.25, -0.2) is 4.98 Å². The highest BCUT2D eigenvalue weighted by molar-refractivity contribution is 5.00. The first-order valence-electron chi connectivity index (χ1n) is 8.33. The van der Waals surface area contributed by atoms with Gasteiger partial charge in [-0.15, -0.1) is 10.2 Å². The first kappa shape index (κ1) is 14.8. The van der Waals surface area contributed by atoms with E-state index >= 15 is 0 Å². The predicted octanol–water partition coefficient (Wildman–Crippen LogP) is 1.95. The molecule has 2 aromatic rings. The standard InChI is InChI=1S/C16H23N5O2/c1-11-7-17-14(22-11)9-20(2)13-5-6-21(8-13)10-15-18-19-16(23-15)12-3-4-12/h7,12-13H,3-6,8-10H2,1-2H3/t13-/m0/s1. The van der Waals surface area contributed by atoms with E-state index in [9.17, 15) is 0 Å². The van der Waals surface area contributed by atoms with E-state index in [4.69, 9.17) is 8.83 Å². The van der Waals surface area contributed by atoms with Gasteiger partial charge in [-0.05, 0) is 33.2 Å². The van der Waals surface area contributed by atoms with Crippen molar-refractivity contribution in [3.05, 3.63) is 29.6 Å². The highest BCUT2D eigenvalue weighted by atomic mass is 16.4. The lowest BCUT2D eigenvalue weighted by Gasteiger charge is -2.23. The zero-order valence-electron chi connectivity index (χ0n) is 13.7. The average molecular weight is 317 g/mol. The maximum Gasteiger partial charge on any atom is 0.230 e. The van der Waals surface area contributed by atoms with E-state index in [1.807, 2.05) is 6.92 Å². The molecule has 23 heavy (non-hydrogen) atoms. The van der Waals surface area contributed by atoms with Gasteiger partial charge in [-0.3, -0.25) is 9.80 Å². The zero-order chi connectivity index (χ0) is 15.8. The zero-order valence-corrected chi connectivity index (χ0v) is 13.7. The number of aryl methyl sites for hydroxylation is 1. The Morgan fingerprint density at radius 3 is 2.83 bits per heavy atom. The maximum atomic E-state index is 5.76. The molecule has 1 aliphatic heterocycles. The summed E-state index contributed by atoms with van der Waals surface area (Å²) in [5.41, 5.74) is 0. The van der Waals surface area contributed by atoms with Gasteiger partial charge in [0.25, 0.3) is 0 Å². The molecule has 2 aromatic heterocycles. The summed E-state index contributed by atoms with van der Waals surface area (Å²) in [5, 5.41) is 8.34. The largest absolute Gasteiger partial charge is 0.445 e. The minimum Gasteiger partial charge on any atom is -0.445 e. The van der Waals surface area contributed by atoms with Crippen molar-refractivity contribution in [3.63, 3.8) is 0 Å². The SMILES string of the molecule is Cc1cnc(CN(C)[C@H]2CCN(Cc3nnc(C4CC4)o3)C2)o1. The number of hydrogen-bond donors (Lipinski definition) is 0. The van der Waals surface area contributed by atoms with Gasteiger partial charge in [0.15, 0.2) is 0 Å². The number of likely N-dealkylation sites (tertiary alicyclic amines) is 1. The van der Waals surface area contributed by atoms with Crippen molar-refractivity contribution in [1.82, 2.24) is 25.0 Å². The highest BCUT2D eigenvalue weighted by Gasteiger charge is 2.31. The third kappa shape index (κ3) is 3.45. The predicted molar refractivity (Wildman–Crippen MR) is 82.7 cm³/mol. The number of likely N-dealkylation sites (N-methyl/N-ethyl adjacent to an activating group) is 1. The number of hydrogen-bond acceptors (Lipinski definition) is 7. The van der Waals surface area contributed by atoms with Crippen LogP contribution in [-0.2, 0) is 13.1 Å². The molecule has 4 rings (SSSR count). The lowest BCUT2D eigenvalue weighted by molar-refractivity contribution is 0.199. The number of aromatic nitrogens is 3. The Morgan fingerprint density at radius 2 is 2.09 bits per heavy atom. The molecule has 7 nitrogen and oxygen atoms in total. The van der Waals surface area contributed by atoms with Crippen molar-refractivity contribution in [1.29, 1.82) is 0 Å². The van der Waals surface area contributed by atoms with Crippen LogP contribution >= 0.6 is 0 Å². The van der Waals surface area contributed by atoms with Crippen molar-refractivity contribution in [3.8, 4) is 0 Å². The highest BCUT2D eigenvalue weighted by Crippen LogP contribution is 2.39. The molecule has 0 spiro atoms. The molecule has 1 saturated carbocycles. The van der Waals surface area contributed by atoms with Crippen LogP contribution < -0.4 is 0 Å². The molecule has 0 radical (unpaired) electrons. The molecule has 1 saturated heterocycles. The quantitative estimate of drug-likeness (QED) is 0.806. The summed E-state index contributed by atoms with van der Waals surface area (Å²) in [6.07, 6.45) is 5.30. The van der Waals surface area contributed by atoms with Crippen molar-refractivity contribution in [2.45, 2.75) is 51.2 Å². The second-order valence-electron chi connectivity index (χ2n) is 6.77. The van der Waals surface area contributed by atoms with Gasteiger partial charge in [0.1, 0.15) is 5.76 Å². The molecule has 0 amide bonds. The number of rotatable bonds is 6. The van der Waals surface area contributed by atoms with Crippen LogP contribution in [0.1, 0.15) is 48.6 Å². The minimum atomic E-state index is 0.507. The molecule has 124 valence electrons. The van der Waals surface area contributed by atoms with E-state index in [0.29, 0.717) is 12.0 Å². The van der Waals surface area contributed by atoms with E-state index in [1.165, 1.54) is 12.8 Å². The van der Waals surface area contributed by atoms with E-state index in [1.54, 1.807) is 6.20 Å². The monoisotopic (exact) mass is 317 g/mol. The van der Waals surface area contributed by atoms with Crippen LogP contribution in [-0.4, -0.2) is 51.2 Å². The summed E-state index contributed by atoms with van der Waals surface area (Å²) in [6.45, 7) is 5.49. The Labute approximate surface area is 135 Å². The van der Waals surface area contributed by atoms with Crippen LogP contribution in [0.5, 0.6) is 0 Å². The first-order valence-corrected chi connectivity index (χ1v) is 8.33. The van der Waals surface area contributed by atoms with Crippen LogP contribution in [0.4, 0.5) is 0 Å². The van der Waals surface area contributed by atoms with E-state index in [2.05, 4.69) is 32.0 Å². The lowest BCUT2D eigenvalue weighted by Crippen LogP contribution is -2.34. The fourth-order valence-corrected chi connectivity index (χ4v) is 3.15. The molecular formula is C16H23N5O2. The normalized spacial score (nSPS) is 22.3. The van der Waals surface area contributed by atoms with Gasteiger partial charge >= 0.3 is 0 Å². The summed E-state index contributed by atoms with van der Waals surface area (Å²) in [5.74, 6) is 3.75. The van der Waals surface area contributed by atoms with Crippen molar-refractivity contribution >= 4 is 0 Å². The fourth-order valence-electron chi connectivity index (χ4n) is 3.15. The van der Waals surface area contributed by atoms with Crippen LogP contribution in [0.15, 0.2) is 15.0 Å². The van der Waals surface area contributed by atoms with E-state index in [-0.39, 0.29) is 0 Å². The topological polar surface area (TPSA) is 71.4 Å². The second kappa shape index (κ2) is 6.05. The summed E-state index contributed by atoms with van der Waals surface area (Å²) in [7, 11) is 2.13. The Balaban J connectivity index is 1.29. The van der Waals surface area contributed by atoms with Crippen LogP contribution in [0, 0.1) is 6.92 Å². The van der Waals surface area contributed by atoms with E-state index < -0.39 is 0 Å². The van der Waals surface area contributed by atoms with Crippen LogP contribution in [0.2, 0.25) is 0 Å². The van der Waals surface area contributed by atoms with Gasteiger partial charge in [-0.1, -0.05) is 0 Å². The lowest BCUT2D eigenvalue weighted by atomic mass is 10.2. The third-order valence-corrected chi connectivity index (χ3v) is 4.69. The maximum absolute atomic E-state index is 5.76. The summed E-state index contributed by atoms with van der Waals surface area (Å²) < 4.78 is 11.3. The van der Waals surface area contributed by atoms with Gasteiger partial charge in [0.05, 0.1) is 19.3 Å². The van der Waals surface area contributed by atoms with Gasteiger partial charge in [0.2, 0.25) is 17.7 Å². The molecule has 3 heterocycles. The number of nitrogens with zero attached hydrogens (tertiary/aromatic N) is 5. The molecule has 0 unspecified atom stereocenters. The molecular weight excluding hydrogens is 294 g/mol. The van der Waals surface area contributed by atoms with Gasteiger partial charge in [-0.2, -0.15) is 0 Å². The smallest absolute Gasteiger partial charge is 0.230 e. The van der Waals surface area contributed by atoms with Crippen LogP contribution in [0.25, 0.3) is 0 Å². The average Bonchev–Trinajstić information content (AvgIpc) is 2.93. The fraction of sp³-hybridized carbons (Fsp3) is 0.688. The molecule has 2 fully saturated rings. The molecule has 2 aliphatic rings. The Morgan fingerprint density at radius 1 is 1.22 bits per heavy atom. The minimum absolute atomic E-state index is 0.507. The molecule has 0 aromatic carbocycles. The van der Waals surface area contributed by atoms with Gasteiger partial charge < -0.3 is 8.83 Å². The second-order valence-corrected chi connectivity index (χ2v) is 6.77. The molecule has 1 aliphatic carbocycles. The molecule has 1 atom stereocenters. The Kier molecular flexibility index (Phi) is 3.90. The summed E-state index contributed by atoms with van der Waals surface area (Å²) in [4.78, 5) is 8.98. The Hall–Kier alpha value is -1.73. The third-order valence-electron chi connectivity index (χ3n) is 4.69. The van der Waals surface area contributed by atoms with Crippen molar-refractivity contribution in [2.75, 3.05) is 20.1 Å². The molecule has 0 N–H and O–H groups in total. The van der Waals surface area contributed by atoms with Crippen molar-refractivity contribution < 1.29 is 8.83 Å². The van der Waals surface area contributed by atoms with Crippen LogP contribution in [0.3, 0.4) is 0 Å². The molecule has 7 heteroatoms. The first-order chi connectivity index (χ1) is 11.2. The van der Waals surface area contributed by atoms with Crippen molar-refractivity contribution in [2.24, 2.45) is 0 Å².